The van der Waals surface area contributed by atoms with Crippen molar-refractivity contribution in [3.05, 3.63) is 46.6 Å². The Kier molecular flexibility index (Phi) is 3.69. The van der Waals surface area contributed by atoms with Crippen LogP contribution < -0.4 is 19.5 Å². The summed E-state index contributed by atoms with van der Waals surface area (Å²) in [6, 6.07) is 7.79. The van der Waals surface area contributed by atoms with Gasteiger partial charge in [0.15, 0.2) is 17.3 Å². The number of hydrogen-bond acceptors (Lipinski definition) is 6. The van der Waals surface area contributed by atoms with Gasteiger partial charge in [-0.2, -0.15) is 0 Å². The predicted octanol–water partition coefficient (Wildman–Crippen LogP) is 4.46. The molecule has 0 unspecified atom stereocenters. The number of aryl methyl sites for hydroxylation is 2. The number of methoxy groups -OCH3 is 1. The molecule has 0 atom stereocenters. The fourth-order valence-electron chi connectivity index (χ4n) is 3.93. The molecule has 1 aliphatic heterocycles. The van der Waals surface area contributed by atoms with Crippen LogP contribution in [0.15, 0.2) is 24.3 Å². The fourth-order valence-corrected chi connectivity index (χ4v) is 3.93. The molecule has 0 bridgehead atoms. The predicted molar refractivity (Wildman–Crippen MR) is 106 cm³/mol. The number of ketones is 1. The number of pyridine rings is 1. The van der Waals surface area contributed by atoms with E-state index in [0.29, 0.717) is 29.9 Å². The Morgan fingerprint density at radius 3 is 2.64 bits per heavy atom. The van der Waals surface area contributed by atoms with E-state index in [-0.39, 0.29) is 12.6 Å². The first-order chi connectivity index (χ1) is 13.5. The highest BCUT2D eigenvalue weighted by Crippen LogP contribution is 2.42. The highest BCUT2D eigenvalue weighted by atomic mass is 16.7. The summed E-state index contributed by atoms with van der Waals surface area (Å²) in [5.41, 5.74) is 6.13. The highest BCUT2D eigenvalue weighted by Gasteiger charge is 2.28. The molecule has 1 N–H and O–H groups in total. The average molecular weight is 376 g/mol. The Morgan fingerprint density at radius 2 is 1.86 bits per heavy atom. The van der Waals surface area contributed by atoms with Crippen molar-refractivity contribution in [1.29, 1.82) is 0 Å². The monoisotopic (exact) mass is 376 g/mol. The van der Waals surface area contributed by atoms with Crippen LogP contribution in [0.5, 0.6) is 17.2 Å². The molecule has 2 aromatic carbocycles. The largest absolute Gasteiger partial charge is 0.496 e. The Hall–Kier alpha value is -3.28. The molecule has 1 aliphatic carbocycles. The number of Topliss-reactive ketones (excluding diaryl/α,β-unsaturated/α-hetero) is 1. The van der Waals surface area contributed by atoms with E-state index < -0.39 is 0 Å². The van der Waals surface area contributed by atoms with Crippen LogP contribution in [-0.2, 0) is 6.42 Å². The summed E-state index contributed by atoms with van der Waals surface area (Å²) in [5.74, 6) is 2.27. The van der Waals surface area contributed by atoms with Crippen LogP contribution in [0.25, 0.3) is 10.9 Å². The molecular formula is C22H20N2O4. The van der Waals surface area contributed by atoms with E-state index in [0.717, 1.165) is 44.8 Å². The van der Waals surface area contributed by atoms with Crippen LogP contribution in [0.2, 0.25) is 0 Å². The van der Waals surface area contributed by atoms with Gasteiger partial charge in [0.1, 0.15) is 5.75 Å². The van der Waals surface area contributed by atoms with Gasteiger partial charge in [-0.05, 0) is 43.5 Å². The minimum atomic E-state index is 0.111. The lowest BCUT2D eigenvalue weighted by Crippen LogP contribution is -2.04. The molecule has 1 aromatic heterocycles. The third-order valence-corrected chi connectivity index (χ3v) is 5.53. The van der Waals surface area contributed by atoms with Gasteiger partial charge in [0.2, 0.25) is 6.79 Å². The normalized spacial score (nSPS) is 14.5. The van der Waals surface area contributed by atoms with E-state index in [2.05, 4.69) is 11.4 Å². The lowest BCUT2D eigenvalue weighted by molar-refractivity contribution is 0.0995. The first kappa shape index (κ1) is 16.9. The summed E-state index contributed by atoms with van der Waals surface area (Å²) < 4.78 is 16.6. The molecule has 0 spiro atoms. The third-order valence-electron chi connectivity index (χ3n) is 5.53. The Morgan fingerprint density at radius 1 is 1.07 bits per heavy atom. The van der Waals surface area contributed by atoms with E-state index in [4.69, 9.17) is 19.2 Å². The van der Waals surface area contributed by atoms with Crippen molar-refractivity contribution in [1.82, 2.24) is 4.98 Å². The van der Waals surface area contributed by atoms with Gasteiger partial charge in [-0.25, -0.2) is 0 Å². The lowest BCUT2D eigenvalue weighted by atomic mass is 10.0. The topological polar surface area (TPSA) is 69.7 Å². The number of carbonyl (C=O) groups excluding carboxylic acids is 1. The molecule has 6 heteroatoms. The zero-order chi connectivity index (χ0) is 19.4. The number of benzene rings is 2. The third kappa shape index (κ3) is 2.48. The van der Waals surface area contributed by atoms with E-state index >= 15 is 0 Å². The number of nitrogens with zero attached hydrogens (tertiary/aromatic N) is 1. The second-order valence-electron chi connectivity index (χ2n) is 7.20. The number of fused-ring (bicyclic) bond motifs is 3. The van der Waals surface area contributed by atoms with Gasteiger partial charge in [0.05, 0.1) is 29.6 Å². The molecular weight excluding hydrogens is 356 g/mol. The summed E-state index contributed by atoms with van der Waals surface area (Å²) >= 11 is 0. The standard InChI is InChI=1S/C22H20N2O4/c1-11-6-13(7-18(26-3)12(11)2)23-22-14-8-19-20(28-10-27-19)9-16(14)24-15-4-5-17(25)21(15)22/h6-9H,4-5,10H2,1-3H3,(H,23,24). The van der Waals surface area contributed by atoms with Crippen molar-refractivity contribution in [2.24, 2.45) is 0 Å². The van der Waals surface area contributed by atoms with E-state index in [1.165, 1.54) is 0 Å². The Bertz CT molecular complexity index is 1150. The molecule has 0 saturated heterocycles. The number of ether oxygens (including phenoxy) is 3. The molecule has 6 nitrogen and oxygen atoms in total. The van der Waals surface area contributed by atoms with Gasteiger partial charge in [-0.1, -0.05) is 0 Å². The molecule has 2 heterocycles. The van der Waals surface area contributed by atoms with Crippen molar-refractivity contribution in [3.63, 3.8) is 0 Å². The van der Waals surface area contributed by atoms with Crippen molar-refractivity contribution >= 4 is 28.1 Å². The molecule has 0 fully saturated rings. The average Bonchev–Trinajstić information content (AvgIpc) is 3.29. The van der Waals surface area contributed by atoms with E-state index in [1.807, 2.05) is 32.0 Å². The van der Waals surface area contributed by atoms with Gasteiger partial charge >= 0.3 is 0 Å². The highest BCUT2D eigenvalue weighted by molar-refractivity contribution is 6.12. The molecule has 0 amide bonds. The summed E-state index contributed by atoms with van der Waals surface area (Å²) in [5, 5.41) is 4.32. The maximum Gasteiger partial charge on any atom is 0.231 e. The number of nitrogens with one attached hydrogen (secondary N) is 1. The Balaban J connectivity index is 1.73. The van der Waals surface area contributed by atoms with Crippen molar-refractivity contribution in [2.75, 3.05) is 19.2 Å². The van der Waals surface area contributed by atoms with Gasteiger partial charge in [-0.15, -0.1) is 0 Å². The molecule has 5 rings (SSSR count). The summed E-state index contributed by atoms with van der Waals surface area (Å²) in [6.07, 6.45) is 1.14. The summed E-state index contributed by atoms with van der Waals surface area (Å²) in [7, 11) is 1.66. The van der Waals surface area contributed by atoms with Crippen LogP contribution in [0.3, 0.4) is 0 Å². The van der Waals surface area contributed by atoms with Crippen LogP contribution in [-0.4, -0.2) is 24.7 Å². The van der Waals surface area contributed by atoms with Gasteiger partial charge in [0, 0.05) is 29.6 Å². The van der Waals surface area contributed by atoms with Crippen molar-refractivity contribution in [2.45, 2.75) is 26.7 Å². The summed E-state index contributed by atoms with van der Waals surface area (Å²) in [4.78, 5) is 17.4. The van der Waals surface area contributed by atoms with Crippen LogP contribution in [0.4, 0.5) is 11.4 Å². The summed E-state index contributed by atoms with van der Waals surface area (Å²) in [6.45, 7) is 4.27. The molecule has 2 aliphatic rings. The smallest absolute Gasteiger partial charge is 0.231 e. The van der Waals surface area contributed by atoms with Crippen molar-refractivity contribution < 1.29 is 19.0 Å². The number of carbonyl (C=O) groups is 1. The first-order valence-corrected chi connectivity index (χ1v) is 9.27. The maximum absolute atomic E-state index is 12.6. The van der Waals surface area contributed by atoms with Crippen LogP contribution in [0.1, 0.15) is 33.6 Å². The van der Waals surface area contributed by atoms with Crippen LogP contribution in [0, 0.1) is 13.8 Å². The molecule has 3 aromatic rings. The number of anilines is 2. The van der Waals surface area contributed by atoms with E-state index in [9.17, 15) is 4.79 Å². The quantitative estimate of drug-likeness (QED) is 0.728. The lowest BCUT2D eigenvalue weighted by Gasteiger charge is -2.17. The minimum Gasteiger partial charge on any atom is -0.496 e. The molecule has 0 radical (unpaired) electrons. The van der Waals surface area contributed by atoms with Crippen molar-refractivity contribution in [3.8, 4) is 17.2 Å². The minimum absolute atomic E-state index is 0.111. The van der Waals surface area contributed by atoms with Gasteiger partial charge in [-0.3, -0.25) is 9.78 Å². The second-order valence-corrected chi connectivity index (χ2v) is 7.20. The maximum atomic E-state index is 12.6. The molecule has 0 saturated carbocycles. The number of rotatable bonds is 3. The molecule has 142 valence electrons. The van der Waals surface area contributed by atoms with Gasteiger partial charge in [0.25, 0.3) is 0 Å². The second kappa shape index (κ2) is 6.12. The SMILES string of the molecule is COc1cc(Nc2c3c(nc4cc5c(cc24)OCO5)CCC3=O)cc(C)c1C. The first-order valence-electron chi connectivity index (χ1n) is 9.27. The van der Waals surface area contributed by atoms with E-state index in [1.54, 1.807) is 7.11 Å². The zero-order valence-corrected chi connectivity index (χ0v) is 16.0. The number of aromatic nitrogens is 1. The van der Waals surface area contributed by atoms with Gasteiger partial charge < -0.3 is 19.5 Å². The zero-order valence-electron chi connectivity index (χ0n) is 16.0. The Labute approximate surface area is 162 Å². The van der Waals surface area contributed by atoms with Crippen LogP contribution >= 0.6 is 0 Å². The number of hydrogen-bond donors (Lipinski definition) is 1. The fraction of sp³-hybridized carbons (Fsp3) is 0.273. The molecule has 28 heavy (non-hydrogen) atoms.